The van der Waals surface area contributed by atoms with Crippen LogP contribution in [0.4, 0.5) is 0 Å². The molecule has 14 heavy (non-hydrogen) atoms. The summed E-state index contributed by atoms with van der Waals surface area (Å²) in [5, 5.41) is 2.47. The van der Waals surface area contributed by atoms with E-state index in [1.54, 1.807) is 24.3 Å². The van der Waals surface area contributed by atoms with Gasteiger partial charge in [-0.05, 0) is 24.3 Å². The van der Waals surface area contributed by atoms with Gasteiger partial charge in [0.05, 0.1) is 5.69 Å². The molecule has 0 aliphatic heterocycles. The Kier molecular flexibility index (Phi) is 2.01. The molecule has 0 bridgehead atoms. The van der Waals surface area contributed by atoms with Crippen LogP contribution in [0, 0.1) is 0 Å². The zero-order valence-corrected chi connectivity index (χ0v) is 7.62. The molecular formula is C8H5ClN2O3. The van der Waals surface area contributed by atoms with Gasteiger partial charge in [-0.1, -0.05) is 11.6 Å². The Morgan fingerprint density at radius 1 is 1.21 bits per heavy atom. The zero-order valence-electron chi connectivity index (χ0n) is 6.86. The maximum absolute atomic E-state index is 11.1. The van der Waals surface area contributed by atoms with Crippen molar-refractivity contribution in [2.75, 3.05) is 0 Å². The van der Waals surface area contributed by atoms with E-state index in [2.05, 4.69) is 4.52 Å². The van der Waals surface area contributed by atoms with E-state index in [1.807, 2.05) is 5.16 Å². The zero-order chi connectivity index (χ0) is 10.1. The molecule has 0 atom stereocenters. The fraction of sp³-hybridized carbons (Fsp3) is 0. The highest BCUT2D eigenvalue weighted by atomic mass is 35.5. The van der Waals surface area contributed by atoms with Gasteiger partial charge < -0.3 is 4.52 Å². The molecule has 72 valence electrons. The highest BCUT2D eigenvalue weighted by Gasteiger charge is 2.06. The van der Waals surface area contributed by atoms with Crippen LogP contribution in [-0.2, 0) is 0 Å². The van der Waals surface area contributed by atoms with E-state index in [0.29, 0.717) is 10.7 Å². The third kappa shape index (κ3) is 1.38. The van der Waals surface area contributed by atoms with E-state index in [9.17, 15) is 9.59 Å². The molecule has 1 aromatic heterocycles. The first-order chi connectivity index (χ1) is 6.68. The Morgan fingerprint density at radius 3 is 2.36 bits per heavy atom. The number of benzene rings is 1. The van der Waals surface area contributed by atoms with Gasteiger partial charge in [0, 0.05) is 5.02 Å². The number of rotatable bonds is 1. The third-order valence-electron chi connectivity index (χ3n) is 1.70. The Hall–Kier alpha value is -1.75. The summed E-state index contributed by atoms with van der Waals surface area (Å²) in [6.07, 6.45) is 0. The summed E-state index contributed by atoms with van der Waals surface area (Å²) in [6, 6.07) is 6.26. The number of aromatic nitrogens is 2. The molecule has 5 nitrogen and oxygen atoms in total. The minimum atomic E-state index is -0.752. The number of H-pyrrole nitrogens is 1. The summed E-state index contributed by atoms with van der Waals surface area (Å²) in [4.78, 5) is 22.2. The highest BCUT2D eigenvalue weighted by molar-refractivity contribution is 6.30. The van der Waals surface area contributed by atoms with Crippen LogP contribution in [0.2, 0.25) is 5.02 Å². The van der Waals surface area contributed by atoms with Gasteiger partial charge in [0.25, 0.3) is 0 Å². The van der Waals surface area contributed by atoms with Crippen molar-refractivity contribution in [3.05, 3.63) is 50.3 Å². The van der Waals surface area contributed by atoms with E-state index in [4.69, 9.17) is 11.6 Å². The molecule has 2 aromatic rings. The first-order valence-corrected chi connectivity index (χ1v) is 4.13. The molecule has 0 amide bonds. The minimum absolute atomic E-state index is 0.411. The van der Waals surface area contributed by atoms with Crippen LogP contribution in [0.5, 0.6) is 0 Å². The van der Waals surface area contributed by atoms with Crippen molar-refractivity contribution in [2.45, 2.75) is 0 Å². The fourth-order valence-electron chi connectivity index (χ4n) is 1.07. The Labute approximate surface area is 82.5 Å². The molecule has 2 rings (SSSR count). The molecule has 6 heteroatoms. The predicted octanol–water partition coefficient (Wildman–Crippen LogP) is 0.772. The van der Waals surface area contributed by atoms with Gasteiger partial charge in [0.2, 0.25) is 0 Å². The SMILES string of the molecule is O=c1[nH]oc(=O)n1-c1ccc(Cl)cc1. The molecular weight excluding hydrogens is 208 g/mol. The lowest BCUT2D eigenvalue weighted by molar-refractivity contribution is 0.379. The maximum Gasteiger partial charge on any atom is 0.447 e. The van der Waals surface area contributed by atoms with Crippen molar-refractivity contribution < 1.29 is 4.52 Å². The first kappa shape index (κ1) is 8.83. The molecule has 0 aliphatic rings. The average molecular weight is 213 g/mol. The van der Waals surface area contributed by atoms with Gasteiger partial charge in [-0.25, -0.2) is 9.59 Å². The molecule has 1 aromatic carbocycles. The molecule has 1 N–H and O–H groups in total. The predicted molar refractivity (Wildman–Crippen MR) is 49.9 cm³/mol. The molecule has 0 saturated heterocycles. The standard InChI is InChI=1S/C8H5ClN2O3/c9-5-1-3-6(4-2-5)11-7(12)10-14-8(11)13/h1-4H,(H,10,12). The van der Waals surface area contributed by atoms with E-state index < -0.39 is 11.4 Å². The lowest BCUT2D eigenvalue weighted by Crippen LogP contribution is -2.23. The Balaban J connectivity index is 2.66. The lowest BCUT2D eigenvalue weighted by atomic mass is 10.3. The topological polar surface area (TPSA) is 68.0 Å². The number of aromatic amines is 1. The van der Waals surface area contributed by atoms with Gasteiger partial charge in [0.1, 0.15) is 0 Å². The molecule has 0 spiro atoms. The Morgan fingerprint density at radius 2 is 1.86 bits per heavy atom. The number of halogens is 1. The van der Waals surface area contributed by atoms with Crippen molar-refractivity contribution in [3.8, 4) is 5.69 Å². The molecule has 0 fully saturated rings. The van der Waals surface area contributed by atoms with Crippen LogP contribution in [0.15, 0.2) is 38.4 Å². The van der Waals surface area contributed by atoms with Crippen LogP contribution in [-0.4, -0.2) is 9.72 Å². The van der Waals surface area contributed by atoms with Gasteiger partial charge in [-0.15, -0.1) is 0 Å². The molecule has 0 radical (unpaired) electrons. The van der Waals surface area contributed by atoms with E-state index in [1.165, 1.54) is 0 Å². The third-order valence-corrected chi connectivity index (χ3v) is 1.95. The van der Waals surface area contributed by atoms with Crippen LogP contribution < -0.4 is 11.4 Å². The second-order valence-electron chi connectivity index (χ2n) is 2.59. The van der Waals surface area contributed by atoms with Crippen molar-refractivity contribution in [2.24, 2.45) is 0 Å². The van der Waals surface area contributed by atoms with Crippen LogP contribution in [0.1, 0.15) is 0 Å². The minimum Gasteiger partial charge on any atom is -0.319 e. The van der Waals surface area contributed by atoms with Crippen LogP contribution in [0.25, 0.3) is 5.69 Å². The van der Waals surface area contributed by atoms with Crippen LogP contribution in [0.3, 0.4) is 0 Å². The summed E-state index contributed by atoms with van der Waals surface area (Å²) < 4.78 is 5.19. The maximum atomic E-state index is 11.1. The number of nitrogens with one attached hydrogen (secondary N) is 1. The van der Waals surface area contributed by atoms with Crippen molar-refractivity contribution in [3.63, 3.8) is 0 Å². The number of hydrogen-bond donors (Lipinski definition) is 1. The fourth-order valence-corrected chi connectivity index (χ4v) is 1.20. The normalized spacial score (nSPS) is 10.4. The smallest absolute Gasteiger partial charge is 0.319 e. The van der Waals surface area contributed by atoms with Crippen molar-refractivity contribution in [1.29, 1.82) is 0 Å². The van der Waals surface area contributed by atoms with Crippen molar-refractivity contribution >= 4 is 11.6 Å². The quantitative estimate of drug-likeness (QED) is 0.759. The lowest BCUT2D eigenvalue weighted by Gasteiger charge is -1.96. The first-order valence-electron chi connectivity index (χ1n) is 3.75. The summed E-state index contributed by atoms with van der Waals surface area (Å²) >= 11 is 5.66. The van der Waals surface area contributed by atoms with Gasteiger partial charge in [-0.2, -0.15) is 9.72 Å². The number of hydrogen-bond acceptors (Lipinski definition) is 3. The molecule has 0 unspecified atom stereocenters. The second kappa shape index (κ2) is 3.19. The molecule has 0 aliphatic carbocycles. The highest BCUT2D eigenvalue weighted by Crippen LogP contribution is 2.10. The summed E-state index contributed by atoms with van der Waals surface area (Å²) in [7, 11) is 0. The Bertz CT molecular complexity index is 521. The summed E-state index contributed by atoms with van der Waals surface area (Å²) in [6.45, 7) is 0. The van der Waals surface area contributed by atoms with E-state index in [-0.39, 0.29) is 0 Å². The van der Waals surface area contributed by atoms with Gasteiger partial charge >= 0.3 is 11.4 Å². The number of nitrogens with zero attached hydrogens (tertiary/aromatic N) is 1. The average Bonchev–Trinajstić information content (AvgIpc) is 2.49. The molecule has 1 heterocycles. The monoisotopic (exact) mass is 212 g/mol. The summed E-state index contributed by atoms with van der Waals surface area (Å²) in [5.41, 5.74) is -0.202. The van der Waals surface area contributed by atoms with E-state index in [0.717, 1.165) is 4.57 Å². The summed E-state index contributed by atoms with van der Waals surface area (Å²) in [5.74, 6) is -0.752. The van der Waals surface area contributed by atoms with Gasteiger partial charge in [-0.3, -0.25) is 0 Å². The molecule has 0 saturated carbocycles. The second-order valence-corrected chi connectivity index (χ2v) is 3.02. The van der Waals surface area contributed by atoms with E-state index >= 15 is 0 Å². The van der Waals surface area contributed by atoms with Gasteiger partial charge in [0.15, 0.2) is 0 Å². The van der Waals surface area contributed by atoms with Crippen LogP contribution >= 0.6 is 11.6 Å². The largest absolute Gasteiger partial charge is 0.447 e. The van der Waals surface area contributed by atoms with Crippen molar-refractivity contribution in [1.82, 2.24) is 9.72 Å².